The smallest absolute Gasteiger partial charge is 0.169 e. The molecule has 0 aliphatic heterocycles. The van der Waals surface area contributed by atoms with Crippen molar-refractivity contribution in [2.24, 2.45) is 0 Å². The lowest BCUT2D eigenvalue weighted by Crippen LogP contribution is -3.00. The van der Waals surface area contributed by atoms with Crippen molar-refractivity contribution in [3.8, 4) is 0 Å². The Hall–Kier alpha value is -3.43. The van der Waals surface area contributed by atoms with E-state index < -0.39 is 0 Å². The number of aromatic nitrogens is 1. The van der Waals surface area contributed by atoms with Gasteiger partial charge in [0.05, 0.1) is 0 Å². The SMILES string of the molecule is C1=CCC([n+]2ccccc2)CCCC1.C=C(Nc1ccc(Cc2ccccc2)cc1)c1ccccc1.[Br-]. The lowest BCUT2D eigenvalue weighted by atomic mass is 10.0. The Morgan fingerprint density at radius 3 is 2.05 bits per heavy atom. The molecule has 1 aliphatic rings. The number of hydrogen-bond acceptors (Lipinski definition) is 1. The van der Waals surface area contributed by atoms with Crippen molar-refractivity contribution in [2.75, 3.05) is 5.32 Å². The van der Waals surface area contributed by atoms with E-state index in [0.29, 0.717) is 6.04 Å². The Bertz CT molecular complexity index is 1200. The first-order valence-electron chi connectivity index (χ1n) is 13.0. The van der Waals surface area contributed by atoms with Crippen molar-refractivity contribution in [3.05, 3.63) is 151 Å². The summed E-state index contributed by atoms with van der Waals surface area (Å²) in [6.07, 6.45) is 16.5. The Kier molecular flexibility index (Phi) is 11.9. The van der Waals surface area contributed by atoms with Crippen LogP contribution >= 0.6 is 0 Å². The molecule has 1 aromatic heterocycles. The highest BCUT2D eigenvalue weighted by molar-refractivity contribution is 5.75. The van der Waals surface area contributed by atoms with E-state index in [2.05, 4.69) is 120 Å². The van der Waals surface area contributed by atoms with Gasteiger partial charge in [0.15, 0.2) is 18.4 Å². The van der Waals surface area contributed by atoms with E-state index in [-0.39, 0.29) is 17.0 Å². The van der Waals surface area contributed by atoms with E-state index in [1.165, 1.54) is 43.2 Å². The van der Waals surface area contributed by atoms with Gasteiger partial charge in [0.1, 0.15) is 0 Å². The van der Waals surface area contributed by atoms with Crippen LogP contribution in [-0.2, 0) is 6.42 Å². The van der Waals surface area contributed by atoms with Gasteiger partial charge in [0, 0.05) is 36.4 Å². The third kappa shape index (κ3) is 9.51. The number of hydrogen-bond donors (Lipinski definition) is 1. The van der Waals surface area contributed by atoms with E-state index >= 15 is 0 Å². The van der Waals surface area contributed by atoms with Gasteiger partial charge in [-0.25, -0.2) is 4.57 Å². The van der Waals surface area contributed by atoms with Crippen LogP contribution in [0.1, 0.15) is 54.8 Å². The minimum absolute atomic E-state index is 0. The van der Waals surface area contributed by atoms with E-state index in [9.17, 15) is 0 Å². The molecule has 2 nitrogen and oxygen atoms in total. The van der Waals surface area contributed by atoms with Crippen LogP contribution in [0.15, 0.2) is 134 Å². The lowest BCUT2D eigenvalue weighted by Gasteiger charge is -2.11. The molecule has 1 atom stereocenters. The number of allylic oxidation sites excluding steroid dienone is 2. The summed E-state index contributed by atoms with van der Waals surface area (Å²) in [5.41, 5.74) is 5.72. The second-order valence-corrected chi connectivity index (χ2v) is 9.30. The third-order valence-corrected chi connectivity index (χ3v) is 6.52. The zero-order valence-corrected chi connectivity index (χ0v) is 23.1. The van der Waals surface area contributed by atoms with Gasteiger partial charge < -0.3 is 22.3 Å². The number of nitrogens with one attached hydrogen (secondary N) is 1. The molecule has 190 valence electrons. The Morgan fingerprint density at radius 2 is 1.35 bits per heavy atom. The van der Waals surface area contributed by atoms with Crippen LogP contribution in [0.4, 0.5) is 5.69 Å². The van der Waals surface area contributed by atoms with Gasteiger partial charge in [-0.1, -0.05) is 97.6 Å². The molecular formula is C34H37BrN2. The summed E-state index contributed by atoms with van der Waals surface area (Å²) in [5.74, 6) is 0. The quantitative estimate of drug-likeness (QED) is 0.250. The van der Waals surface area contributed by atoms with Crippen molar-refractivity contribution in [3.63, 3.8) is 0 Å². The predicted molar refractivity (Wildman–Crippen MR) is 153 cm³/mol. The highest BCUT2D eigenvalue weighted by atomic mass is 79.9. The van der Waals surface area contributed by atoms with Crippen LogP contribution in [0.2, 0.25) is 0 Å². The maximum Gasteiger partial charge on any atom is 0.169 e. The molecule has 1 N–H and O–H groups in total. The fourth-order valence-corrected chi connectivity index (χ4v) is 4.48. The summed E-state index contributed by atoms with van der Waals surface area (Å²) in [6.45, 7) is 4.10. The van der Waals surface area contributed by atoms with Gasteiger partial charge in [-0.2, -0.15) is 0 Å². The second kappa shape index (κ2) is 15.6. The number of anilines is 1. The van der Waals surface area contributed by atoms with Crippen LogP contribution < -0.4 is 26.9 Å². The van der Waals surface area contributed by atoms with Gasteiger partial charge in [-0.3, -0.25) is 0 Å². The van der Waals surface area contributed by atoms with E-state index in [4.69, 9.17) is 0 Å². The predicted octanol–water partition coefficient (Wildman–Crippen LogP) is 5.40. The zero-order valence-electron chi connectivity index (χ0n) is 21.5. The Balaban J connectivity index is 0.000000220. The first kappa shape index (κ1) is 28.1. The second-order valence-electron chi connectivity index (χ2n) is 9.30. The highest BCUT2D eigenvalue weighted by Crippen LogP contribution is 2.19. The normalized spacial score (nSPS) is 14.6. The molecule has 0 saturated carbocycles. The topological polar surface area (TPSA) is 15.9 Å². The summed E-state index contributed by atoms with van der Waals surface area (Å²) in [5, 5.41) is 3.35. The minimum Gasteiger partial charge on any atom is -1.00 e. The molecule has 4 aromatic rings. The van der Waals surface area contributed by atoms with Crippen LogP contribution in [-0.4, -0.2) is 0 Å². The third-order valence-electron chi connectivity index (χ3n) is 6.52. The first-order valence-corrected chi connectivity index (χ1v) is 13.0. The Labute approximate surface area is 233 Å². The monoisotopic (exact) mass is 552 g/mol. The maximum atomic E-state index is 4.10. The maximum absolute atomic E-state index is 4.10. The number of halogens is 1. The highest BCUT2D eigenvalue weighted by Gasteiger charge is 2.16. The number of pyridine rings is 1. The van der Waals surface area contributed by atoms with Crippen LogP contribution in [0.5, 0.6) is 0 Å². The molecule has 5 rings (SSSR count). The van der Waals surface area contributed by atoms with Crippen molar-refractivity contribution < 1.29 is 21.5 Å². The molecule has 37 heavy (non-hydrogen) atoms. The first-order chi connectivity index (χ1) is 17.8. The van der Waals surface area contributed by atoms with Crippen LogP contribution in [0, 0.1) is 0 Å². The standard InChI is InChI=1S/C21H19N.C13H18N.BrH/c1-17(20-10-6-3-7-11-20)22-21-14-12-19(13-15-21)16-18-8-4-2-5-9-18;1-2-5-9-13(10-6-3-1)14-11-7-4-8-12-14;/h2-15,22H,1,16H2;2,4-5,7-8,11-13H,1,3,6,9-10H2;1H/q;+1;/p-1. The summed E-state index contributed by atoms with van der Waals surface area (Å²) in [6, 6.07) is 36.2. The molecule has 0 bridgehead atoms. The summed E-state index contributed by atoms with van der Waals surface area (Å²) >= 11 is 0. The van der Waals surface area contributed by atoms with E-state index in [1.807, 2.05) is 24.3 Å². The largest absolute Gasteiger partial charge is 1.00 e. The molecule has 1 heterocycles. The summed E-state index contributed by atoms with van der Waals surface area (Å²) in [4.78, 5) is 0. The van der Waals surface area contributed by atoms with Crippen molar-refractivity contribution >= 4 is 11.4 Å². The van der Waals surface area contributed by atoms with Gasteiger partial charge >= 0.3 is 0 Å². The van der Waals surface area contributed by atoms with Gasteiger partial charge in [0.25, 0.3) is 0 Å². The molecule has 0 spiro atoms. The van der Waals surface area contributed by atoms with Crippen LogP contribution in [0.3, 0.4) is 0 Å². The zero-order chi connectivity index (χ0) is 24.8. The van der Waals surface area contributed by atoms with Crippen LogP contribution in [0.25, 0.3) is 5.70 Å². The molecule has 1 unspecified atom stereocenters. The number of nitrogens with zero attached hydrogens (tertiary/aromatic N) is 1. The molecule has 0 fully saturated rings. The average Bonchev–Trinajstić information content (AvgIpc) is 2.92. The Morgan fingerprint density at radius 1 is 0.730 bits per heavy atom. The molecule has 0 radical (unpaired) electrons. The molecule has 0 saturated heterocycles. The summed E-state index contributed by atoms with van der Waals surface area (Å²) < 4.78 is 2.34. The fraction of sp³-hybridized carbons (Fsp3) is 0.206. The molecule has 3 heteroatoms. The molecule has 3 aromatic carbocycles. The number of rotatable bonds is 6. The number of benzene rings is 3. The van der Waals surface area contributed by atoms with Gasteiger partial charge in [-0.05, 0) is 54.5 Å². The molecular weight excluding hydrogens is 516 g/mol. The van der Waals surface area contributed by atoms with Crippen molar-refractivity contribution in [1.29, 1.82) is 0 Å². The van der Waals surface area contributed by atoms with Crippen molar-refractivity contribution in [1.82, 2.24) is 0 Å². The molecule has 0 amide bonds. The fourth-order valence-electron chi connectivity index (χ4n) is 4.48. The van der Waals surface area contributed by atoms with Gasteiger partial charge in [0.2, 0.25) is 0 Å². The van der Waals surface area contributed by atoms with E-state index in [1.54, 1.807) is 0 Å². The van der Waals surface area contributed by atoms with Crippen molar-refractivity contribution in [2.45, 2.75) is 44.6 Å². The molecule has 1 aliphatic carbocycles. The van der Waals surface area contributed by atoms with E-state index in [0.717, 1.165) is 23.4 Å². The summed E-state index contributed by atoms with van der Waals surface area (Å²) in [7, 11) is 0. The lowest BCUT2D eigenvalue weighted by molar-refractivity contribution is -0.723. The average molecular weight is 554 g/mol. The van der Waals surface area contributed by atoms with Gasteiger partial charge in [-0.15, -0.1) is 0 Å². The minimum atomic E-state index is 0.